The third kappa shape index (κ3) is 5.34. The van der Waals surface area contributed by atoms with Gasteiger partial charge in [-0.25, -0.2) is 0 Å². The number of nitrogens with zero attached hydrogens (tertiary/aromatic N) is 1. The number of carbonyl (C=O) groups is 2. The van der Waals surface area contributed by atoms with Crippen LogP contribution in [0.5, 0.6) is 0 Å². The van der Waals surface area contributed by atoms with Crippen LogP contribution in [0.3, 0.4) is 0 Å². The molecule has 0 bridgehead atoms. The zero-order valence-electron chi connectivity index (χ0n) is 15.5. The zero-order valence-corrected chi connectivity index (χ0v) is 16.3. The molecule has 1 aliphatic rings. The molecule has 3 rings (SSSR count). The van der Waals surface area contributed by atoms with Gasteiger partial charge < -0.3 is 16.0 Å². The number of benzene rings is 2. The highest BCUT2D eigenvalue weighted by Gasteiger charge is 2.18. The number of nitrogens with two attached hydrogens (primary N) is 1. The van der Waals surface area contributed by atoms with Crippen LogP contribution in [0.25, 0.3) is 0 Å². The van der Waals surface area contributed by atoms with Crippen LogP contribution >= 0.6 is 11.8 Å². The van der Waals surface area contributed by atoms with Crippen LogP contribution in [0.2, 0.25) is 0 Å². The van der Waals surface area contributed by atoms with Gasteiger partial charge in [-0.05, 0) is 30.2 Å². The van der Waals surface area contributed by atoms with Gasteiger partial charge in [-0.3, -0.25) is 9.59 Å². The standard InChI is InChI=1S/C21H25N3O2S/c1-15-2-6-17(7-3-15)20(22)21(26)23-18-8-4-16(5-9-18)14-19(25)24-10-12-27-13-11-24/h2-9,20H,10-14,22H2,1H3,(H,23,26). The summed E-state index contributed by atoms with van der Waals surface area (Å²) in [7, 11) is 0. The number of hydrogen-bond acceptors (Lipinski definition) is 4. The summed E-state index contributed by atoms with van der Waals surface area (Å²) in [5.74, 6) is 1.93. The van der Waals surface area contributed by atoms with Gasteiger partial charge in [0.2, 0.25) is 11.8 Å². The molecule has 1 aliphatic heterocycles. The number of anilines is 1. The van der Waals surface area contributed by atoms with Crippen LogP contribution in [-0.4, -0.2) is 41.3 Å². The first-order valence-corrected chi connectivity index (χ1v) is 10.3. The maximum absolute atomic E-state index is 12.4. The molecule has 1 heterocycles. The second-order valence-electron chi connectivity index (χ2n) is 6.74. The fraction of sp³-hybridized carbons (Fsp3) is 0.333. The van der Waals surface area contributed by atoms with E-state index in [1.165, 1.54) is 0 Å². The topological polar surface area (TPSA) is 75.4 Å². The Hall–Kier alpha value is -2.31. The molecule has 142 valence electrons. The molecule has 1 fully saturated rings. The van der Waals surface area contributed by atoms with Crippen LogP contribution < -0.4 is 11.1 Å². The first-order valence-electron chi connectivity index (χ1n) is 9.10. The van der Waals surface area contributed by atoms with Gasteiger partial charge in [0.05, 0.1) is 6.42 Å². The molecule has 0 aromatic heterocycles. The molecule has 2 amide bonds. The molecule has 2 aromatic rings. The fourth-order valence-corrected chi connectivity index (χ4v) is 3.85. The predicted molar refractivity (Wildman–Crippen MR) is 111 cm³/mol. The number of carbonyl (C=O) groups excluding carboxylic acids is 2. The molecule has 0 radical (unpaired) electrons. The van der Waals surface area contributed by atoms with Gasteiger partial charge in [-0.15, -0.1) is 0 Å². The average molecular weight is 384 g/mol. The summed E-state index contributed by atoms with van der Waals surface area (Å²) in [6.45, 7) is 3.65. The Morgan fingerprint density at radius 3 is 2.33 bits per heavy atom. The normalized spacial score (nSPS) is 15.3. The van der Waals surface area contributed by atoms with Crippen molar-refractivity contribution in [2.45, 2.75) is 19.4 Å². The van der Waals surface area contributed by atoms with Gasteiger partial charge in [-0.2, -0.15) is 11.8 Å². The molecule has 2 aromatic carbocycles. The lowest BCUT2D eigenvalue weighted by molar-refractivity contribution is -0.130. The lowest BCUT2D eigenvalue weighted by Crippen LogP contribution is -2.38. The first-order chi connectivity index (χ1) is 13.0. The van der Waals surface area contributed by atoms with E-state index < -0.39 is 6.04 Å². The van der Waals surface area contributed by atoms with E-state index in [4.69, 9.17) is 5.73 Å². The molecule has 1 atom stereocenters. The largest absolute Gasteiger partial charge is 0.341 e. The number of aryl methyl sites for hydroxylation is 1. The van der Waals surface area contributed by atoms with Crippen molar-refractivity contribution in [3.8, 4) is 0 Å². The van der Waals surface area contributed by atoms with Crippen molar-refractivity contribution in [2.24, 2.45) is 5.73 Å². The van der Waals surface area contributed by atoms with E-state index in [1.807, 2.05) is 72.1 Å². The van der Waals surface area contributed by atoms with Crippen molar-refractivity contribution in [3.63, 3.8) is 0 Å². The number of rotatable bonds is 5. The number of hydrogen-bond donors (Lipinski definition) is 2. The summed E-state index contributed by atoms with van der Waals surface area (Å²) in [6, 6.07) is 14.3. The van der Waals surface area contributed by atoms with Crippen molar-refractivity contribution in [1.29, 1.82) is 0 Å². The van der Waals surface area contributed by atoms with Gasteiger partial charge >= 0.3 is 0 Å². The molecule has 6 heteroatoms. The summed E-state index contributed by atoms with van der Waals surface area (Å²) in [4.78, 5) is 26.6. The summed E-state index contributed by atoms with van der Waals surface area (Å²) < 4.78 is 0. The second kappa shape index (κ2) is 9.06. The smallest absolute Gasteiger partial charge is 0.245 e. The van der Waals surface area contributed by atoms with Gasteiger partial charge in [0.1, 0.15) is 6.04 Å². The molecule has 0 saturated carbocycles. The molecular formula is C21H25N3O2S. The third-order valence-electron chi connectivity index (χ3n) is 4.66. The maximum Gasteiger partial charge on any atom is 0.245 e. The summed E-state index contributed by atoms with van der Waals surface area (Å²) >= 11 is 1.89. The van der Waals surface area contributed by atoms with E-state index in [1.54, 1.807) is 0 Å². The molecule has 3 N–H and O–H groups in total. The second-order valence-corrected chi connectivity index (χ2v) is 7.97. The van der Waals surface area contributed by atoms with Crippen molar-refractivity contribution in [2.75, 3.05) is 29.9 Å². The highest BCUT2D eigenvalue weighted by molar-refractivity contribution is 7.99. The molecule has 0 spiro atoms. The summed E-state index contributed by atoms with van der Waals surface area (Å²) in [5.41, 5.74) is 9.57. The molecule has 27 heavy (non-hydrogen) atoms. The van der Waals surface area contributed by atoms with Crippen LogP contribution in [0, 0.1) is 6.92 Å². The van der Waals surface area contributed by atoms with Gasteiger partial charge in [-0.1, -0.05) is 42.0 Å². The third-order valence-corrected chi connectivity index (χ3v) is 5.60. The highest BCUT2D eigenvalue weighted by atomic mass is 32.2. The minimum atomic E-state index is -0.719. The summed E-state index contributed by atoms with van der Waals surface area (Å²) in [5, 5.41) is 2.84. The molecular weight excluding hydrogens is 358 g/mol. The Morgan fingerprint density at radius 2 is 1.70 bits per heavy atom. The van der Waals surface area contributed by atoms with Gasteiger partial charge in [0, 0.05) is 30.3 Å². The first kappa shape index (κ1) is 19.5. The monoisotopic (exact) mass is 383 g/mol. The number of thioether (sulfide) groups is 1. The molecule has 5 nitrogen and oxygen atoms in total. The van der Waals surface area contributed by atoms with Crippen LogP contribution in [-0.2, 0) is 16.0 Å². The van der Waals surface area contributed by atoms with E-state index >= 15 is 0 Å². The minimum Gasteiger partial charge on any atom is -0.341 e. The molecule has 1 saturated heterocycles. The van der Waals surface area contributed by atoms with Crippen LogP contribution in [0.15, 0.2) is 48.5 Å². The fourth-order valence-electron chi connectivity index (χ4n) is 2.95. The predicted octanol–water partition coefficient (Wildman–Crippen LogP) is 2.75. The van der Waals surface area contributed by atoms with Crippen LogP contribution in [0.4, 0.5) is 5.69 Å². The Kier molecular flexibility index (Phi) is 6.53. The minimum absolute atomic E-state index is 0.161. The van der Waals surface area contributed by atoms with E-state index in [-0.39, 0.29) is 11.8 Å². The molecule has 0 aliphatic carbocycles. The SMILES string of the molecule is Cc1ccc(C(N)C(=O)Nc2ccc(CC(=O)N3CCSCC3)cc2)cc1. The van der Waals surface area contributed by atoms with E-state index in [2.05, 4.69) is 5.32 Å². The van der Waals surface area contributed by atoms with E-state index in [0.717, 1.165) is 41.3 Å². The maximum atomic E-state index is 12.4. The summed E-state index contributed by atoms with van der Waals surface area (Å²) in [6.07, 6.45) is 0.391. The Labute approximate surface area is 164 Å². The van der Waals surface area contributed by atoms with E-state index in [9.17, 15) is 9.59 Å². The van der Waals surface area contributed by atoms with Crippen molar-refractivity contribution < 1.29 is 9.59 Å². The lowest BCUT2D eigenvalue weighted by Gasteiger charge is -2.26. The Bertz CT molecular complexity index is 784. The lowest BCUT2D eigenvalue weighted by atomic mass is 10.1. The van der Waals surface area contributed by atoms with Crippen LogP contribution in [0.1, 0.15) is 22.7 Å². The molecule has 1 unspecified atom stereocenters. The van der Waals surface area contributed by atoms with Gasteiger partial charge in [0.25, 0.3) is 0 Å². The van der Waals surface area contributed by atoms with Crippen molar-refractivity contribution in [1.82, 2.24) is 4.90 Å². The highest BCUT2D eigenvalue weighted by Crippen LogP contribution is 2.17. The van der Waals surface area contributed by atoms with E-state index in [0.29, 0.717) is 12.1 Å². The quantitative estimate of drug-likeness (QED) is 0.832. The average Bonchev–Trinajstić information content (AvgIpc) is 2.70. The van der Waals surface area contributed by atoms with Gasteiger partial charge in [0.15, 0.2) is 0 Å². The number of nitrogens with one attached hydrogen (secondary N) is 1. The Balaban J connectivity index is 1.55. The van der Waals surface area contributed by atoms with Crippen molar-refractivity contribution >= 4 is 29.3 Å². The Morgan fingerprint density at radius 1 is 1.07 bits per heavy atom. The number of amides is 2. The van der Waals surface area contributed by atoms with Crippen molar-refractivity contribution in [3.05, 3.63) is 65.2 Å². The zero-order chi connectivity index (χ0) is 19.2.